The number of benzene rings is 2. The lowest BCUT2D eigenvalue weighted by Crippen LogP contribution is -2.37. The summed E-state index contributed by atoms with van der Waals surface area (Å²) in [6, 6.07) is 10.7. The fraction of sp³-hybridized carbons (Fsp3) is 0.483. The monoisotopic (exact) mass is 479 g/mol. The van der Waals surface area contributed by atoms with E-state index in [4.69, 9.17) is 5.11 Å². The first-order valence-electron chi connectivity index (χ1n) is 12.3. The van der Waals surface area contributed by atoms with Crippen molar-refractivity contribution >= 4 is 22.6 Å². The average Bonchev–Trinajstić information content (AvgIpc) is 3.06. The zero-order valence-electron chi connectivity index (χ0n) is 22.6. The van der Waals surface area contributed by atoms with Gasteiger partial charge in [0.1, 0.15) is 0 Å². The molecule has 0 radical (unpaired) electrons. The van der Waals surface area contributed by atoms with E-state index in [1.54, 1.807) is 20.8 Å². The molecule has 1 aliphatic rings. The second kappa shape index (κ2) is 10.4. The summed E-state index contributed by atoms with van der Waals surface area (Å²) in [5.74, 6) is -0.787. The van der Waals surface area contributed by atoms with Crippen LogP contribution in [0.15, 0.2) is 30.3 Å². The van der Waals surface area contributed by atoms with Gasteiger partial charge < -0.3 is 24.6 Å². The van der Waals surface area contributed by atoms with Gasteiger partial charge in [-0.05, 0) is 84.0 Å². The Hall–Kier alpha value is -2.83. The summed E-state index contributed by atoms with van der Waals surface area (Å²) in [5.41, 5.74) is 8.59. The van der Waals surface area contributed by atoms with Crippen molar-refractivity contribution in [2.24, 2.45) is 0 Å². The Kier molecular flexibility index (Phi) is 7.97. The molecule has 0 fully saturated rings. The number of carboxylic acid groups (broad SMARTS) is 1. The number of aromatic nitrogens is 1. The Balaban J connectivity index is 0.000000623. The highest BCUT2D eigenvalue weighted by atomic mass is 16.4. The lowest BCUT2D eigenvalue weighted by molar-refractivity contribution is -0.136. The molecule has 0 amide bonds. The van der Waals surface area contributed by atoms with E-state index in [1.165, 1.54) is 27.8 Å². The van der Waals surface area contributed by atoms with Crippen LogP contribution in [0.2, 0.25) is 0 Å². The summed E-state index contributed by atoms with van der Waals surface area (Å²) >= 11 is 0. The van der Waals surface area contributed by atoms with E-state index in [-0.39, 0.29) is 6.42 Å². The SMILES string of the molecule is CC(C)(C)O.Cc1ccc(-c2c(CC(=O)O)c(C)c3c4c2cc(C)n4CCN3CCN(C)C)cc1. The molecule has 3 aromatic rings. The van der Waals surface area contributed by atoms with Gasteiger partial charge in [0.05, 0.1) is 23.2 Å². The number of aliphatic hydroxyl groups is 1. The first-order valence-corrected chi connectivity index (χ1v) is 12.3. The van der Waals surface area contributed by atoms with E-state index in [1.807, 2.05) is 0 Å². The first-order chi connectivity index (χ1) is 16.3. The Labute approximate surface area is 209 Å². The second-order valence-corrected chi connectivity index (χ2v) is 10.9. The summed E-state index contributed by atoms with van der Waals surface area (Å²) in [6.07, 6.45) is 0.0315. The quantitative estimate of drug-likeness (QED) is 0.520. The van der Waals surface area contributed by atoms with Gasteiger partial charge in [0.25, 0.3) is 0 Å². The molecule has 35 heavy (non-hydrogen) atoms. The molecule has 190 valence electrons. The molecule has 0 spiro atoms. The van der Waals surface area contributed by atoms with Crippen LogP contribution in [-0.4, -0.2) is 65.0 Å². The van der Waals surface area contributed by atoms with Crippen LogP contribution in [0.5, 0.6) is 0 Å². The maximum absolute atomic E-state index is 11.9. The molecule has 0 atom stereocenters. The highest BCUT2D eigenvalue weighted by molar-refractivity contribution is 6.07. The Morgan fingerprint density at radius 2 is 1.66 bits per heavy atom. The van der Waals surface area contributed by atoms with Crippen LogP contribution in [0, 0.1) is 20.8 Å². The van der Waals surface area contributed by atoms with Crippen LogP contribution in [0.3, 0.4) is 0 Å². The average molecular weight is 480 g/mol. The Morgan fingerprint density at radius 3 is 2.20 bits per heavy atom. The minimum Gasteiger partial charge on any atom is -0.481 e. The molecule has 0 saturated carbocycles. The van der Waals surface area contributed by atoms with Gasteiger partial charge >= 0.3 is 5.97 Å². The number of anilines is 1. The summed E-state index contributed by atoms with van der Waals surface area (Å²) in [6.45, 7) is 15.4. The number of carbonyl (C=O) groups is 1. The summed E-state index contributed by atoms with van der Waals surface area (Å²) in [7, 11) is 4.19. The first kappa shape index (κ1) is 26.8. The molecule has 6 heteroatoms. The van der Waals surface area contributed by atoms with Gasteiger partial charge in [0.2, 0.25) is 0 Å². The third kappa shape index (κ3) is 6.24. The number of aliphatic carboxylic acids is 1. The van der Waals surface area contributed by atoms with E-state index >= 15 is 0 Å². The summed E-state index contributed by atoms with van der Waals surface area (Å²) < 4.78 is 2.41. The van der Waals surface area contributed by atoms with Gasteiger partial charge in [0, 0.05) is 37.3 Å². The molecule has 1 aromatic heterocycles. The van der Waals surface area contributed by atoms with E-state index in [2.05, 4.69) is 79.6 Å². The molecular formula is C29H41N3O3. The predicted molar refractivity (Wildman–Crippen MR) is 146 cm³/mol. The number of nitrogens with zero attached hydrogens (tertiary/aromatic N) is 3. The number of rotatable bonds is 6. The molecule has 4 rings (SSSR count). The lowest BCUT2D eigenvalue weighted by atomic mass is 9.88. The number of aryl methyl sites for hydroxylation is 2. The van der Waals surface area contributed by atoms with E-state index in [0.717, 1.165) is 48.4 Å². The van der Waals surface area contributed by atoms with E-state index in [9.17, 15) is 9.90 Å². The van der Waals surface area contributed by atoms with Crippen LogP contribution >= 0.6 is 0 Å². The Morgan fingerprint density at radius 1 is 1.06 bits per heavy atom. The molecule has 1 aliphatic heterocycles. The van der Waals surface area contributed by atoms with Crippen LogP contribution in [0.1, 0.15) is 43.2 Å². The lowest BCUT2D eigenvalue weighted by Gasteiger charge is -2.35. The van der Waals surface area contributed by atoms with Crippen molar-refractivity contribution < 1.29 is 15.0 Å². The number of hydrogen-bond donors (Lipinski definition) is 2. The van der Waals surface area contributed by atoms with Crippen LogP contribution in [-0.2, 0) is 17.8 Å². The van der Waals surface area contributed by atoms with E-state index < -0.39 is 11.6 Å². The largest absolute Gasteiger partial charge is 0.481 e. The predicted octanol–water partition coefficient (Wildman–Crippen LogP) is 5.02. The molecule has 2 aromatic carbocycles. The molecule has 0 unspecified atom stereocenters. The third-order valence-corrected chi connectivity index (χ3v) is 6.30. The molecule has 0 bridgehead atoms. The number of hydrogen-bond acceptors (Lipinski definition) is 4. The minimum atomic E-state index is -0.787. The summed E-state index contributed by atoms with van der Waals surface area (Å²) in [5, 5.41) is 19.4. The maximum atomic E-state index is 11.9. The van der Waals surface area contributed by atoms with Gasteiger partial charge in [-0.25, -0.2) is 0 Å². The number of likely N-dealkylation sites (N-methyl/N-ethyl adjacent to an activating group) is 1. The van der Waals surface area contributed by atoms with Crippen LogP contribution in [0.4, 0.5) is 5.69 Å². The molecule has 0 saturated heterocycles. The molecular weight excluding hydrogens is 438 g/mol. The van der Waals surface area contributed by atoms with Crippen molar-refractivity contribution in [1.82, 2.24) is 9.47 Å². The molecule has 2 N–H and O–H groups in total. The van der Waals surface area contributed by atoms with Crippen LogP contribution in [0.25, 0.3) is 22.0 Å². The summed E-state index contributed by atoms with van der Waals surface area (Å²) in [4.78, 5) is 16.5. The van der Waals surface area contributed by atoms with Gasteiger partial charge in [0.15, 0.2) is 0 Å². The maximum Gasteiger partial charge on any atom is 0.307 e. The Bertz CT molecular complexity index is 1200. The molecule has 0 aliphatic carbocycles. The highest BCUT2D eigenvalue weighted by Crippen LogP contribution is 2.44. The zero-order chi connectivity index (χ0) is 26.1. The fourth-order valence-electron chi connectivity index (χ4n) is 4.77. The molecule has 2 heterocycles. The minimum absolute atomic E-state index is 0.0315. The second-order valence-electron chi connectivity index (χ2n) is 10.9. The fourth-order valence-corrected chi connectivity index (χ4v) is 4.77. The van der Waals surface area contributed by atoms with Crippen molar-refractivity contribution in [3.05, 3.63) is 52.7 Å². The van der Waals surface area contributed by atoms with Crippen LogP contribution < -0.4 is 4.90 Å². The van der Waals surface area contributed by atoms with Crippen molar-refractivity contribution in [2.45, 2.75) is 60.1 Å². The van der Waals surface area contributed by atoms with Crippen molar-refractivity contribution in [3.63, 3.8) is 0 Å². The van der Waals surface area contributed by atoms with Crippen molar-refractivity contribution in [3.8, 4) is 11.1 Å². The van der Waals surface area contributed by atoms with Crippen molar-refractivity contribution in [1.29, 1.82) is 0 Å². The zero-order valence-corrected chi connectivity index (χ0v) is 22.6. The smallest absolute Gasteiger partial charge is 0.307 e. The van der Waals surface area contributed by atoms with Gasteiger partial charge in [-0.2, -0.15) is 0 Å². The van der Waals surface area contributed by atoms with Gasteiger partial charge in [-0.1, -0.05) is 29.8 Å². The third-order valence-electron chi connectivity index (χ3n) is 6.30. The normalized spacial score (nSPS) is 13.3. The van der Waals surface area contributed by atoms with Crippen molar-refractivity contribution in [2.75, 3.05) is 38.6 Å². The van der Waals surface area contributed by atoms with Gasteiger partial charge in [-0.15, -0.1) is 0 Å². The standard InChI is InChI=1S/C25H31N3O2.C4H10O/c1-16-6-8-19(9-7-16)23-20(15-22(29)30)18(3)24-25-21(23)14-17(2)28(25)13-12-27(24)11-10-26(4)5;1-4(2,3)5/h6-9,14H,10-13,15H2,1-5H3,(H,29,30);5H,1-3H3. The van der Waals surface area contributed by atoms with Gasteiger partial charge in [-0.3, -0.25) is 4.79 Å². The highest BCUT2D eigenvalue weighted by Gasteiger charge is 2.28. The van der Waals surface area contributed by atoms with E-state index in [0.29, 0.717) is 0 Å². The topological polar surface area (TPSA) is 68.9 Å². The molecule has 6 nitrogen and oxygen atoms in total. The number of carboxylic acids is 1.